The highest BCUT2D eigenvalue weighted by Gasteiger charge is 2.29. The fraction of sp³-hybridized carbons (Fsp3) is 0.593. The zero-order valence-corrected chi connectivity index (χ0v) is 21.0. The minimum atomic E-state index is -0.859. The number of carboxylic acids is 1. The molecule has 7 nitrogen and oxygen atoms in total. The topological polar surface area (TPSA) is 98.6 Å². The van der Waals surface area contributed by atoms with Gasteiger partial charge < -0.3 is 20.4 Å². The van der Waals surface area contributed by atoms with Gasteiger partial charge in [0, 0.05) is 25.0 Å². The Morgan fingerprint density at radius 2 is 1.85 bits per heavy atom. The van der Waals surface area contributed by atoms with Crippen molar-refractivity contribution >= 4 is 23.3 Å². The first-order valence-electron chi connectivity index (χ1n) is 12.6. The zero-order chi connectivity index (χ0) is 24.7. The number of nitrogens with one attached hydrogen (secondary N) is 1. The van der Waals surface area contributed by atoms with Crippen LogP contribution in [0.1, 0.15) is 89.7 Å². The molecule has 34 heavy (non-hydrogen) atoms. The molecule has 1 aliphatic carbocycles. The molecule has 1 aromatic heterocycles. The first kappa shape index (κ1) is 25.9. The Kier molecular flexibility index (Phi) is 8.89. The molecule has 1 atom stereocenters. The molecule has 2 aromatic rings. The van der Waals surface area contributed by atoms with E-state index in [1.165, 1.54) is 19.3 Å². The Labute approximate surface area is 203 Å². The summed E-state index contributed by atoms with van der Waals surface area (Å²) in [5.41, 5.74) is 3.03. The van der Waals surface area contributed by atoms with E-state index in [4.69, 9.17) is 0 Å². The molecule has 186 valence electrons. The van der Waals surface area contributed by atoms with E-state index in [0.29, 0.717) is 18.5 Å². The fourth-order valence-electron chi connectivity index (χ4n) is 4.81. The number of hydrogen-bond donors (Lipinski definition) is 3. The minimum absolute atomic E-state index is 0.0760. The van der Waals surface area contributed by atoms with Gasteiger partial charge in [-0.3, -0.25) is 4.79 Å². The van der Waals surface area contributed by atoms with Crippen LogP contribution < -0.4 is 10.2 Å². The summed E-state index contributed by atoms with van der Waals surface area (Å²) in [4.78, 5) is 22.8. The Morgan fingerprint density at radius 3 is 2.41 bits per heavy atom. The van der Waals surface area contributed by atoms with Gasteiger partial charge >= 0.3 is 5.97 Å². The van der Waals surface area contributed by atoms with Gasteiger partial charge in [0.05, 0.1) is 23.4 Å². The van der Waals surface area contributed by atoms with Gasteiger partial charge in [-0.05, 0) is 68.7 Å². The number of carbonyl (C=O) groups is 1. The minimum Gasteiger partial charge on any atom is -0.481 e. The molecule has 1 aliphatic rings. The Balaban J connectivity index is 2.05. The van der Waals surface area contributed by atoms with Gasteiger partial charge in [0.2, 0.25) is 5.95 Å². The standard InChI is InChI=1S/C27H40N4O3/c1-5-19-16-28-26(29-17-19)30-23-14-21(20(6-2)15-25(32)33)12-13-24(23)31(18-27(3,4)34)22-10-8-7-9-11-22/h12-14,16-17,20,22,34H,5-11,15,18H2,1-4H3,(H,32,33)(H,28,29,30). The molecule has 0 radical (unpaired) electrons. The predicted molar refractivity (Wildman–Crippen MR) is 137 cm³/mol. The SMILES string of the molecule is CCc1cnc(Nc2cc(C(CC)CC(=O)O)ccc2N(CC(C)(C)O)C2CCCCC2)nc1. The van der Waals surface area contributed by atoms with Crippen LogP contribution in [0, 0.1) is 0 Å². The van der Waals surface area contributed by atoms with Crippen molar-refractivity contribution in [3.63, 3.8) is 0 Å². The van der Waals surface area contributed by atoms with Gasteiger partial charge in [-0.2, -0.15) is 0 Å². The van der Waals surface area contributed by atoms with Crippen LogP contribution in [0.25, 0.3) is 0 Å². The molecule has 3 N–H and O–H groups in total. The summed E-state index contributed by atoms with van der Waals surface area (Å²) in [6.07, 6.45) is 11.2. The van der Waals surface area contributed by atoms with Crippen LogP contribution in [0.2, 0.25) is 0 Å². The highest BCUT2D eigenvalue weighted by atomic mass is 16.4. The number of aliphatic hydroxyl groups is 1. The molecule has 1 saturated carbocycles. The van der Waals surface area contributed by atoms with Crippen LogP contribution >= 0.6 is 0 Å². The highest BCUT2D eigenvalue weighted by Crippen LogP contribution is 2.37. The lowest BCUT2D eigenvalue weighted by Gasteiger charge is -2.40. The third-order valence-electron chi connectivity index (χ3n) is 6.65. The van der Waals surface area contributed by atoms with E-state index in [1.54, 1.807) is 0 Å². The molecule has 1 unspecified atom stereocenters. The summed E-state index contributed by atoms with van der Waals surface area (Å²) in [5.74, 6) is -0.364. The van der Waals surface area contributed by atoms with E-state index in [1.807, 2.05) is 45.3 Å². The molecule has 7 heteroatoms. The maximum atomic E-state index is 11.4. The smallest absolute Gasteiger partial charge is 0.303 e. The summed E-state index contributed by atoms with van der Waals surface area (Å²) >= 11 is 0. The van der Waals surface area contributed by atoms with Gasteiger partial charge in [0.25, 0.3) is 0 Å². The van der Waals surface area contributed by atoms with E-state index in [-0.39, 0.29) is 12.3 Å². The monoisotopic (exact) mass is 468 g/mol. The van der Waals surface area contributed by atoms with Crippen molar-refractivity contribution in [3.8, 4) is 0 Å². The molecule has 1 aromatic carbocycles. The van der Waals surface area contributed by atoms with Crippen LogP contribution in [-0.4, -0.2) is 44.3 Å². The molecule has 0 amide bonds. The molecule has 0 aliphatic heterocycles. The van der Waals surface area contributed by atoms with Crippen LogP contribution in [0.15, 0.2) is 30.6 Å². The van der Waals surface area contributed by atoms with Gasteiger partial charge in [0.1, 0.15) is 0 Å². The predicted octanol–water partition coefficient (Wildman–Crippen LogP) is 5.66. The maximum absolute atomic E-state index is 11.4. The van der Waals surface area contributed by atoms with Crippen molar-refractivity contribution < 1.29 is 15.0 Å². The quantitative estimate of drug-likeness (QED) is 0.391. The van der Waals surface area contributed by atoms with E-state index in [9.17, 15) is 15.0 Å². The Hall–Kier alpha value is -2.67. The van der Waals surface area contributed by atoms with E-state index < -0.39 is 11.6 Å². The Bertz CT molecular complexity index is 934. The highest BCUT2D eigenvalue weighted by molar-refractivity contribution is 5.76. The number of rotatable bonds is 11. The van der Waals surface area contributed by atoms with E-state index in [0.717, 1.165) is 48.2 Å². The normalized spacial score (nSPS) is 15.7. The van der Waals surface area contributed by atoms with Crippen LogP contribution in [-0.2, 0) is 11.2 Å². The molecule has 3 rings (SSSR count). The third kappa shape index (κ3) is 7.16. The van der Waals surface area contributed by atoms with E-state index in [2.05, 4.69) is 33.2 Å². The van der Waals surface area contributed by atoms with Crippen molar-refractivity contribution in [2.45, 2.75) is 96.6 Å². The van der Waals surface area contributed by atoms with Gasteiger partial charge in [-0.25, -0.2) is 9.97 Å². The van der Waals surface area contributed by atoms with Crippen LogP contribution in [0.4, 0.5) is 17.3 Å². The second-order valence-electron chi connectivity index (χ2n) is 10.1. The lowest BCUT2D eigenvalue weighted by Crippen LogP contribution is -2.45. The largest absolute Gasteiger partial charge is 0.481 e. The molecule has 0 saturated heterocycles. The second kappa shape index (κ2) is 11.6. The number of aliphatic carboxylic acids is 1. The van der Waals surface area contributed by atoms with Crippen molar-refractivity contribution in [1.29, 1.82) is 0 Å². The maximum Gasteiger partial charge on any atom is 0.303 e. The molecular formula is C27H40N4O3. The molecule has 0 spiro atoms. The molecular weight excluding hydrogens is 428 g/mol. The van der Waals surface area contributed by atoms with Crippen molar-refractivity contribution in [3.05, 3.63) is 41.7 Å². The summed E-state index contributed by atoms with van der Waals surface area (Å²) in [7, 11) is 0. The van der Waals surface area contributed by atoms with Crippen LogP contribution in [0.3, 0.4) is 0 Å². The second-order valence-corrected chi connectivity index (χ2v) is 10.1. The van der Waals surface area contributed by atoms with Crippen LogP contribution in [0.5, 0.6) is 0 Å². The third-order valence-corrected chi connectivity index (χ3v) is 6.65. The molecule has 1 fully saturated rings. The summed E-state index contributed by atoms with van der Waals surface area (Å²) in [6.45, 7) is 8.28. The van der Waals surface area contributed by atoms with Crippen molar-refractivity contribution in [2.24, 2.45) is 0 Å². The number of carboxylic acid groups (broad SMARTS) is 1. The fourth-order valence-corrected chi connectivity index (χ4v) is 4.81. The molecule has 0 bridgehead atoms. The number of benzene rings is 1. The Morgan fingerprint density at radius 1 is 1.18 bits per heavy atom. The lowest BCUT2D eigenvalue weighted by atomic mass is 9.90. The molecule has 1 heterocycles. The number of hydrogen-bond acceptors (Lipinski definition) is 6. The number of aromatic nitrogens is 2. The summed E-state index contributed by atoms with van der Waals surface area (Å²) in [6, 6.07) is 6.50. The summed E-state index contributed by atoms with van der Waals surface area (Å²) in [5, 5.41) is 23.6. The number of aryl methyl sites for hydroxylation is 1. The first-order chi connectivity index (χ1) is 16.2. The average Bonchev–Trinajstić information content (AvgIpc) is 2.81. The zero-order valence-electron chi connectivity index (χ0n) is 21.0. The van der Waals surface area contributed by atoms with Crippen molar-refractivity contribution in [1.82, 2.24) is 9.97 Å². The van der Waals surface area contributed by atoms with E-state index >= 15 is 0 Å². The first-order valence-corrected chi connectivity index (χ1v) is 12.6. The van der Waals surface area contributed by atoms with Gasteiger partial charge in [-0.1, -0.05) is 39.2 Å². The number of anilines is 3. The summed E-state index contributed by atoms with van der Waals surface area (Å²) < 4.78 is 0. The average molecular weight is 469 g/mol. The number of nitrogens with zero attached hydrogens (tertiary/aromatic N) is 3. The lowest BCUT2D eigenvalue weighted by molar-refractivity contribution is -0.137. The van der Waals surface area contributed by atoms with Gasteiger partial charge in [-0.15, -0.1) is 0 Å². The van der Waals surface area contributed by atoms with Crippen molar-refractivity contribution in [2.75, 3.05) is 16.8 Å². The van der Waals surface area contributed by atoms with Gasteiger partial charge in [0.15, 0.2) is 0 Å².